The molecule has 0 aromatic rings. The highest BCUT2D eigenvalue weighted by atomic mass is 16.7. The summed E-state index contributed by atoms with van der Waals surface area (Å²) in [5.41, 5.74) is -1.77. The van der Waals surface area contributed by atoms with Crippen molar-refractivity contribution in [3.8, 4) is 0 Å². The topological polar surface area (TPSA) is 81.8 Å². The van der Waals surface area contributed by atoms with Gasteiger partial charge in [0.2, 0.25) is 0 Å². The summed E-state index contributed by atoms with van der Waals surface area (Å²) in [6, 6.07) is 0. The predicted octanol–water partition coefficient (Wildman–Crippen LogP) is 0.563. The van der Waals surface area contributed by atoms with Crippen molar-refractivity contribution in [2.24, 2.45) is 11.3 Å². The molecule has 0 aromatic carbocycles. The van der Waals surface area contributed by atoms with Crippen molar-refractivity contribution in [2.75, 3.05) is 0 Å². The summed E-state index contributed by atoms with van der Waals surface area (Å²) in [6.07, 6.45) is -1.38. The molecule has 0 amide bonds. The molecule has 0 saturated carbocycles. The Kier molecular flexibility index (Phi) is 4.05. The average Bonchev–Trinajstić information content (AvgIpc) is 1.99. The van der Waals surface area contributed by atoms with Gasteiger partial charge in [-0.1, -0.05) is 0 Å². The Morgan fingerprint density at radius 1 is 1.29 bits per heavy atom. The smallest absolute Gasteiger partial charge is 0.317 e. The normalized spacial score (nSPS) is 15.1. The van der Waals surface area contributed by atoms with Crippen LogP contribution in [0.3, 0.4) is 0 Å². The second-order valence-electron chi connectivity index (χ2n) is 4.71. The van der Waals surface area contributed by atoms with Gasteiger partial charge in [0.05, 0.1) is 0 Å². The van der Waals surface area contributed by atoms with E-state index < -0.39 is 23.3 Å². The Bertz CT molecular complexity index is 207. The summed E-state index contributed by atoms with van der Waals surface area (Å²) >= 11 is 0. The van der Waals surface area contributed by atoms with Gasteiger partial charge in [0.15, 0.2) is 6.29 Å². The van der Waals surface area contributed by atoms with Gasteiger partial charge in [-0.05, 0) is 34.6 Å². The van der Waals surface area contributed by atoms with E-state index in [1.54, 1.807) is 20.8 Å². The molecule has 0 fully saturated rings. The number of hydrogen-bond acceptors (Lipinski definition) is 5. The zero-order valence-electron chi connectivity index (χ0n) is 9.33. The molecule has 84 valence electrons. The minimum Gasteiger partial charge on any atom is -0.459 e. The van der Waals surface area contributed by atoms with Crippen LogP contribution in [0.5, 0.6) is 0 Å². The predicted molar refractivity (Wildman–Crippen MR) is 50.9 cm³/mol. The summed E-state index contributed by atoms with van der Waals surface area (Å²) in [4.78, 5) is 15.8. The van der Waals surface area contributed by atoms with Crippen molar-refractivity contribution < 1.29 is 19.5 Å². The molecular weight excluding hydrogens is 186 g/mol. The second-order valence-corrected chi connectivity index (χ2v) is 4.71. The molecule has 5 nitrogen and oxygen atoms in total. The molecule has 0 aliphatic heterocycles. The number of ether oxygens (including phenoxy) is 1. The summed E-state index contributed by atoms with van der Waals surface area (Å²) in [6.45, 7) is 8.24. The summed E-state index contributed by atoms with van der Waals surface area (Å²) in [5, 5.41) is 9.30. The number of carbonyl (C=O) groups excluding carboxylic acids is 1. The summed E-state index contributed by atoms with van der Waals surface area (Å²) in [5.74, 6) is 4.25. The largest absolute Gasteiger partial charge is 0.459 e. The molecule has 14 heavy (non-hydrogen) atoms. The number of carbonyl (C=O) groups is 1. The Labute approximate surface area is 84.1 Å². The van der Waals surface area contributed by atoms with Crippen molar-refractivity contribution in [3.05, 3.63) is 0 Å². The zero-order valence-corrected chi connectivity index (χ0v) is 9.33. The highest BCUT2D eigenvalue weighted by Crippen LogP contribution is 2.25. The van der Waals surface area contributed by atoms with Gasteiger partial charge in [0.25, 0.3) is 0 Å². The Morgan fingerprint density at radius 3 is 2.00 bits per heavy atom. The maximum Gasteiger partial charge on any atom is 0.317 e. The maximum atomic E-state index is 11.6. The molecule has 1 unspecified atom stereocenters. The van der Waals surface area contributed by atoms with Crippen molar-refractivity contribution in [1.29, 1.82) is 0 Å². The van der Waals surface area contributed by atoms with Crippen molar-refractivity contribution >= 4 is 5.97 Å². The highest BCUT2D eigenvalue weighted by Gasteiger charge is 2.40. The molecule has 0 saturated heterocycles. The van der Waals surface area contributed by atoms with Gasteiger partial charge in [-0.3, -0.25) is 9.63 Å². The molecule has 0 aliphatic rings. The first kappa shape index (κ1) is 13.4. The van der Waals surface area contributed by atoms with Crippen LogP contribution in [0.4, 0.5) is 0 Å². The van der Waals surface area contributed by atoms with Gasteiger partial charge < -0.3 is 9.84 Å². The third kappa shape index (κ3) is 3.61. The molecule has 0 heterocycles. The fourth-order valence-electron chi connectivity index (χ4n) is 0.681. The lowest BCUT2D eigenvalue weighted by molar-refractivity contribution is -0.204. The van der Waals surface area contributed by atoms with Gasteiger partial charge in [-0.25, -0.2) is 5.90 Å². The first-order chi connectivity index (χ1) is 6.11. The van der Waals surface area contributed by atoms with E-state index >= 15 is 0 Å². The van der Waals surface area contributed by atoms with E-state index in [0.29, 0.717) is 0 Å². The van der Waals surface area contributed by atoms with Gasteiger partial charge in [-0.2, -0.15) is 0 Å². The fourth-order valence-corrected chi connectivity index (χ4v) is 0.681. The second kappa shape index (κ2) is 4.25. The number of aliphatic hydroxyl groups excluding tert-OH is 1. The van der Waals surface area contributed by atoms with Gasteiger partial charge >= 0.3 is 5.97 Å². The van der Waals surface area contributed by atoms with Crippen LogP contribution in [0, 0.1) is 5.41 Å². The van der Waals surface area contributed by atoms with Crippen molar-refractivity contribution in [3.63, 3.8) is 0 Å². The zero-order chi connectivity index (χ0) is 11.6. The van der Waals surface area contributed by atoms with Crippen LogP contribution in [0.1, 0.15) is 34.6 Å². The lowest BCUT2D eigenvalue weighted by Gasteiger charge is -2.30. The molecule has 1 atom stereocenters. The standard InChI is InChI=1S/C9H19NO4/c1-8(2,3)13-6(11)9(4,5)7(12)14-10/h7,12H,10H2,1-5H3. The van der Waals surface area contributed by atoms with E-state index in [9.17, 15) is 9.90 Å². The van der Waals surface area contributed by atoms with E-state index in [1.165, 1.54) is 13.8 Å². The van der Waals surface area contributed by atoms with Gasteiger partial charge in [0.1, 0.15) is 11.0 Å². The maximum absolute atomic E-state index is 11.6. The van der Waals surface area contributed by atoms with Gasteiger partial charge in [-0.15, -0.1) is 0 Å². The SMILES string of the molecule is CC(C)(C)OC(=O)C(C)(C)C(O)ON. The first-order valence-electron chi connectivity index (χ1n) is 4.38. The molecule has 0 aliphatic carbocycles. The number of nitrogens with two attached hydrogens (primary N) is 1. The van der Waals surface area contributed by atoms with E-state index in [1.807, 2.05) is 0 Å². The van der Waals surface area contributed by atoms with Crippen LogP contribution < -0.4 is 5.90 Å². The van der Waals surface area contributed by atoms with E-state index in [0.717, 1.165) is 0 Å². The Hall–Kier alpha value is -0.650. The third-order valence-electron chi connectivity index (χ3n) is 1.67. The van der Waals surface area contributed by atoms with E-state index in [-0.39, 0.29) is 0 Å². The van der Waals surface area contributed by atoms with Crippen LogP contribution in [-0.2, 0) is 14.4 Å². The molecule has 0 rings (SSSR count). The number of hydrogen-bond donors (Lipinski definition) is 2. The molecule has 0 bridgehead atoms. The highest BCUT2D eigenvalue weighted by molar-refractivity contribution is 5.76. The van der Waals surface area contributed by atoms with Crippen molar-refractivity contribution in [1.82, 2.24) is 0 Å². The number of rotatable bonds is 3. The minimum atomic E-state index is -1.38. The van der Waals surface area contributed by atoms with Crippen LogP contribution >= 0.6 is 0 Å². The monoisotopic (exact) mass is 205 g/mol. The van der Waals surface area contributed by atoms with Crippen LogP contribution in [0.25, 0.3) is 0 Å². The summed E-state index contributed by atoms with van der Waals surface area (Å²) < 4.78 is 5.09. The quantitative estimate of drug-likeness (QED) is 0.400. The molecule has 0 spiro atoms. The summed E-state index contributed by atoms with van der Waals surface area (Å²) in [7, 11) is 0. The Morgan fingerprint density at radius 2 is 1.71 bits per heavy atom. The Balaban J connectivity index is 4.52. The lowest BCUT2D eigenvalue weighted by Crippen LogP contribution is -2.44. The minimum absolute atomic E-state index is 0.553. The van der Waals surface area contributed by atoms with E-state index in [4.69, 9.17) is 10.6 Å². The third-order valence-corrected chi connectivity index (χ3v) is 1.67. The molecule has 5 heteroatoms. The molecule has 0 aromatic heterocycles. The first-order valence-corrected chi connectivity index (χ1v) is 4.38. The number of esters is 1. The average molecular weight is 205 g/mol. The van der Waals surface area contributed by atoms with Gasteiger partial charge in [0, 0.05) is 0 Å². The van der Waals surface area contributed by atoms with Crippen LogP contribution in [0.15, 0.2) is 0 Å². The lowest BCUT2D eigenvalue weighted by atomic mass is 9.92. The molecular formula is C9H19NO4. The van der Waals surface area contributed by atoms with Crippen LogP contribution in [0.2, 0.25) is 0 Å². The number of aliphatic hydroxyl groups is 1. The van der Waals surface area contributed by atoms with Crippen LogP contribution in [-0.4, -0.2) is 23.0 Å². The fraction of sp³-hybridized carbons (Fsp3) is 0.889. The van der Waals surface area contributed by atoms with E-state index in [2.05, 4.69) is 4.84 Å². The molecule has 3 N–H and O–H groups in total. The van der Waals surface area contributed by atoms with Crippen molar-refractivity contribution in [2.45, 2.75) is 46.5 Å². The molecule has 0 radical (unpaired) electrons.